The molecular weight excluding hydrogens is 470 g/mol. The van der Waals surface area contributed by atoms with E-state index in [-0.39, 0.29) is 0 Å². The number of hydrogen-bond donors (Lipinski definition) is 2. The second-order valence-corrected chi connectivity index (χ2v) is 11.3. The lowest BCUT2D eigenvalue weighted by Crippen LogP contribution is -2.30. The molecule has 1 fully saturated rings. The Morgan fingerprint density at radius 1 is 0.861 bits per heavy atom. The van der Waals surface area contributed by atoms with E-state index in [9.17, 15) is 8.42 Å². The van der Waals surface area contributed by atoms with Crippen molar-refractivity contribution in [1.82, 2.24) is 9.97 Å². The smallest absolute Gasteiger partial charge is 0.262 e. The minimum absolute atomic E-state index is 0.362. The van der Waals surface area contributed by atoms with Gasteiger partial charge in [-0.05, 0) is 91.3 Å². The quantitative estimate of drug-likeness (QED) is 0.361. The molecular formula is C28H29N5O2S. The standard InChI is InChI=1S/C28H29N5O2S/c1-19-18-26(33-16-3-2-4-17-33)31-28(29-19)30-22-10-12-23(13-11-22)32-36(34,35)25-15-9-21-7-5-6-20-8-14-24(25)27(20)21/h5-7,9-13,15,18,32H,2-4,8,14,16-17H2,1H3,(H,29,30,31). The third-order valence-corrected chi connectivity index (χ3v) is 8.51. The highest BCUT2D eigenvalue weighted by Gasteiger charge is 2.25. The van der Waals surface area contributed by atoms with E-state index in [1.807, 2.05) is 43.3 Å². The Hall–Kier alpha value is -3.65. The molecule has 1 aromatic heterocycles. The van der Waals surface area contributed by atoms with Gasteiger partial charge in [0.05, 0.1) is 4.90 Å². The molecule has 0 amide bonds. The van der Waals surface area contributed by atoms with Crippen molar-refractivity contribution in [2.24, 2.45) is 0 Å². The van der Waals surface area contributed by atoms with Gasteiger partial charge in [-0.1, -0.05) is 24.3 Å². The fraction of sp³-hybridized carbons (Fsp3) is 0.286. The first-order valence-corrected chi connectivity index (χ1v) is 14.0. The highest BCUT2D eigenvalue weighted by molar-refractivity contribution is 7.92. The number of benzene rings is 3. The fourth-order valence-corrected chi connectivity index (χ4v) is 6.67. The summed E-state index contributed by atoms with van der Waals surface area (Å²) in [6, 6.07) is 19.0. The van der Waals surface area contributed by atoms with Crippen molar-refractivity contribution in [3.63, 3.8) is 0 Å². The highest BCUT2D eigenvalue weighted by atomic mass is 32.2. The molecule has 1 aliphatic carbocycles. The summed E-state index contributed by atoms with van der Waals surface area (Å²) in [5.74, 6) is 1.49. The summed E-state index contributed by atoms with van der Waals surface area (Å²) < 4.78 is 29.4. The molecule has 1 aliphatic heterocycles. The lowest BCUT2D eigenvalue weighted by Gasteiger charge is -2.28. The van der Waals surface area contributed by atoms with Gasteiger partial charge in [-0.3, -0.25) is 4.72 Å². The van der Waals surface area contributed by atoms with E-state index in [4.69, 9.17) is 4.98 Å². The van der Waals surface area contributed by atoms with Gasteiger partial charge in [0.2, 0.25) is 5.95 Å². The molecule has 0 bridgehead atoms. The average Bonchev–Trinajstić information content (AvgIpc) is 3.31. The van der Waals surface area contributed by atoms with Crippen LogP contribution in [0.4, 0.5) is 23.1 Å². The van der Waals surface area contributed by atoms with E-state index in [0.717, 1.165) is 59.5 Å². The molecule has 0 unspecified atom stereocenters. The number of piperidine rings is 1. The number of nitrogens with one attached hydrogen (secondary N) is 2. The Labute approximate surface area is 211 Å². The van der Waals surface area contributed by atoms with Crippen LogP contribution in [-0.2, 0) is 22.9 Å². The van der Waals surface area contributed by atoms with Gasteiger partial charge in [-0.2, -0.15) is 4.98 Å². The zero-order chi connectivity index (χ0) is 24.7. The third-order valence-electron chi connectivity index (χ3n) is 7.04. The highest BCUT2D eigenvalue weighted by Crippen LogP contribution is 2.35. The van der Waals surface area contributed by atoms with Crippen LogP contribution in [0.3, 0.4) is 0 Å². The Morgan fingerprint density at radius 3 is 2.44 bits per heavy atom. The number of aromatic nitrogens is 2. The monoisotopic (exact) mass is 499 g/mol. The molecule has 2 heterocycles. The SMILES string of the molecule is Cc1cc(N2CCCCC2)nc(Nc2ccc(NS(=O)(=O)c3ccc4cccc5c4c3CC5)cc2)n1. The van der Waals surface area contributed by atoms with Crippen LogP contribution in [0.2, 0.25) is 0 Å². The molecule has 36 heavy (non-hydrogen) atoms. The maximum absolute atomic E-state index is 13.3. The fourth-order valence-electron chi connectivity index (χ4n) is 5.34. The number of aryl methyl sites for hydroxylation is 3. The Balaban J connectivity index is 1.20. The number of nitrogens with zero attached hydrogens (tertiary/aromatic N) is 3. The first-order valence-electron chi connectivity index (χ1n) is 12.5. The largest absolute Gasteiger partial charge is 0.356 e. The van der Waals surface area contributed by atoms with Crippen molar-refractivity contribution in [2.75, 3.05) is 28.0 Å². The van der Waals surface area contributed by atoms with Crippen molar-refractivity contribution in [1.29, 1.82) is 0 Å². The maximum Gasteiger partial charge on any atom is 0.262 e. The Morgan fingerprint density at radius 2 is 1.64 bits per heavy atom. The van der Waals surface area contributed by atoms with Gasteiger partial charge < -0.3 is 10.2 Å². The molecule has 0 atom stereocenters. The number of anilines is 4. The Kier molecular flexibility index (Phi) is 5.76. The molecule has 0 spiro atoms. The van der Waals surface area contributed by atoms with Gasteiger partial charge in [0.15, 0.2) is 0 Å². The predicted octanol–water partition coefficient (Wildman–Crippen LogP) is 5.57. The van der Waals surface area contributed by atoms with Crippen LogP contribution in [0.5, 0.6) is 0 Å². The minimum Gasteiger partial charge on any atom is -0.356 e. The molecule has 0 saturated carbocycles. The van der Waals surface area contributed by atoms with Crippen molar-refractivity contribution < 1.29 is 8.42 Å². The normalized spacial score (nSPS) is 15.3. The zero-order valence-corrected chi connectivity index (χ0v) is 21.1. The third kappa shape index (κ3) is 4.37. The lowest BCUT2D eigenvalue weighted by molar-refractivity contribution is 0.573. The molecule has 2 aliphatic rings. The van der Waals surface area contributed by atoms with Gasteiger partial charge in [-0.25, -0.2) is 13.4 Å². The summed E-state index contributed by atoms with van der Waals surface area (Å²) >= 11 is 0. The van der Waals surface area contributed by atoms with Gasteiger partial charge in [0, 0.05) is 36.2 Å². The first kappa shape index (κ1) is 22.8. The van der Waals surface area contributed by atoms with Crippen LogP contribution in [0.15, 0.2) is 65.6 Å². The van der Waals surface area contributed by atoms with Gasteiger partial charge >= 0.3 is 0 Å². The van der Waals surface area contributed by atoms with E-state index >= 15 is 0 Å². The lowest BCUT2D eigenvalue weighted by atomic mass is 10.1. The molecule has 7 nitrogen and oxygen atoms in total. The number of sulfonamides is 1. The molecule has 184 valence electrons. The van der Waals surface area contributed by atoms with Crippen LogP contribution in [0.25, 0.3) is 10.8 Å². The van der Waals surface area contributed by atoms with E-state index in [1.54, 1.807) is 18.2 Å². The molecule has 8 heteroatoms. The second kappa shape index (κ2) is 9.09. The van der Waals surface area contributed by atoms with Crippen molar-refractivity contribution >= 4 is 43.9 Å². The van der Waals surface area contributed by atoms with Crippen molar-refractivity contribution in [3.8, 4) is 0 Å². The average molecular weight is 500 g/mol. The van der Waals surface area contributed by atoms with Gasteiger partial charge in [-0.15, -0.1) is 0 Å². The van der Waals surface area contributed by atoms with E-state index in [1.165, 1.54) is 24.8 Å². The maximum atomic E-state index is 13.3. The predicted molar refractivity (Wildman–Crippen MR) is 145 cm³/mol. The molecule has 1 saturated heterocycles. The summed E-state index contributed by atoms with van der Waals surface area (Å²) in [6.45, 7) is 4.01. The van der Waals surface area contributed by atoms with Crippen molar-refractivity contribution in [3.05, 3.63) is 77.5 Å². The van der Waals surface area contributed by atoms with Gasteiger partial charge in [0.25, 0.3) is 10.0 Å². The molecule has 3 aromatic carbocycles. The Bertz CT molecular complexity index is 1540. The number of hydrogen-bond acceptors (Lipinski definition) is 6. The molecule has 6 rings (SSSR count). The van der Waals surface area contributed by atoms with Crippen LogP contribution in [0, 0.1) is 6.92 Å². The zero-order valence-electron chi connectivity index (χ0n) is 20.3. The van der Waals surface area contributed by atoms with E-state index in [0.29, 0.717) is 16.5 Å². The number of rotatable bonds is 6. The molecule has 4 aromatic rings. The summed E-state index contributed by atoms with van der Waals surface area (Å²) in [6.07, 6.45) is 5.26. The van der Waals surface area contributed by atoms with Crippen LogP contribution in [0.1, 0.15) is 36.1 Å². The van der Waals surface area contributed by atoms with Gasteiger partial charge in [0.1, 0.15) is 5.82 Å². The molecule has 0 radical (unpaired) electrons. The van der Waals surface area contributed by atoms with Crippen LogP contribution >= 0.6 is 0 Å². The topological polar surface area (TPSA) is 87.2 Å². The van der Waals surface area contributed by atoms with E-state index in [2.05, 4.69) is 26.0 Å². The van der Waals surface area contributed by atoms with E-state index < -0.39 is 10.0 Å². The second-order valence-electron chi connectivity index (χ2n) is 9.60. The van der Waals surface area contributed by atoms with Crippen LogP contribution in [-0.4, -0.2) is 31.5 Å². The van der Waals surface area contributed by atoms with Crippen LogP contribution < -0.4 is 14.9 Å². The first-order chi connectivity index (χ1) is 17.5. The summed E-state index contributed by atoms with van der Waals surface area (Å²) in [7, 11) is -3.71. The van der Waals surface area contributed by atoms with Crippen molar-refractivity contribution in [2.45, 2.75) is 43.9 Å². The summed E-state index contributed by atoms with van der Waals surface area (Å²) in [5.41, 5.74) is 4.34. The molecule has 2 N–H and O–H groups in total. The summed E-state index contributed by atoms with van der Waals surface area (Å²) in [5, 5.41) is 5.44. The minimum atomic E-state index is -3.71. The summed E-state index contributed by atoms with van der Waals surface area (Å²) in [4.78, 5) is 11.9.